The van der Waals surface area contributed by atoms with Crippen LogP contribution in [0.2, 0.25) is 0 Å². The molecule has 1 heterocycles. The van der Waals surface area contributed by atoms with Crippen LogP contribution < -0.4 is 4.74 Å². The molecule has 1 amide bonds. The smallest absolute Gasteiger partial charge is 0.260 e. The third-order valence-electron chi connectivity index (χ3n) is 3.95. The minimum Gasteiger partial charge on any atom is -0.481 e. The Morgan fingerprint density at radius 3 is 2.58 bits per heavy atom. The molecule has 0 unspecified atom stereocenters. The number of halogens is 2. The molecule has 0 saturated heterocycles. The first-order valence-electron chi connectivity index (χ1n) is 7.73. The second-order valence-electron chi connectivity index (χ2n) is 5.55. The van der Waals surface area contributed by atoms with E-state index in [-0.39, 0.29) is 18.3 Å². The molecular weight excluding hydrogens is 312 g/mol. The fourth-order valence-electron chi connectivity index (χ4n) is 2.63. The molecule has 24 heavy (non-hydrogen) atoms. The fraction of sp³-hybridized carbons (Fsp3) is 0.211. The molecule has 0 radical (unpaired) electrons. The van der Waals surface area contributed by atoms with Gasteiger partial charge in [-0.2, -0.15) is 0 Å². The normalized spacial score (nSPS) is 14.2. The lowest BCUT2D eigenvalue weighted by Crippen LogP contribution is -2.37. The van der Waals surface area contributed by atoms with Gasteiger partial charge in [-0.05, 0) is 29.7 Å². The van der Waals surface area contributed by atoms with Crippen LogP contribution in [0.3, 0.4) is 0 Å². The zero-order valence-corrected chi connectivity index (χ0v) is 13.0. The highest BCUT2D eigenvalue weighted by atomic mass is 19.1. The molecule has 1 aliphatic heterocycles. The van der Waals surface area contributed by atoms with E-state index in [0.717, 1.165) is 24.1 Å². The molecule has 3 nitrogen and oxygen atoms in total. The molecule has 0 bridgehead atoms. The standard InChI is InChI=1S/C19H17F2NO2/c20-16-6-7-18(17(21)12-16)24-13-19(23)22-10-8-15(9-11-22)14-4-2-1-3-5-14/h1-8,12H,9-11,13H2. The van der Waals surface area contributed by atoms with Crippen LogP contribution in [0.5, 0.6) is 5.75 Å². The van der Waals surface area contributed by atoms with Crippen molar-refractivity contribution >= 4 is 11.5 Å². The summed E-state index contributed by atoms with van der Waals surface area (Å²) >= 11 is 0. The Kier molecular flexibility index (Phi) is 4.89. The lowest BCUT2D eigenvalue weighted by molar-refractivity contribution is -0.132. The Morgan fingerprint density at radius 2 is 1.92 bits per heavy atom. The average Bonchev–Trinajstić information content (AvgIpc) is 2.62. The predicted octanol–water partition coefficient (Wildman–Crippen LogP) is 3.66. The Morgan fingerprint density at radius 1 is 1.12 bits per heavy atom. The van der Waals surface area contributed by atoms with E-state index in [0.29, 0.717) is 13.1 Å². The van der Waals surface area contributed by atoms with E-state index in [9.17, 15) is 13.6 Å². The van der Waals surface area contributed by atoms with Gasteiger partial charge in [0.2, 0.25) is 0 Å². The summed E-state index contributed by atoms with van der Waals surface area (Å²) in [7, 11) is 0. The van der Waals surface area contributed by atoms with Crippen LogP contribution in [0.4, 0.5) is 8.78 Å². The Bertz CT molecular complexity index is 759. The number of rotatable bonds is 4. The molecule has 124 valence electrons. The van der Waals surface area contributed by atoms with E-state index in [1.165, 1.54) is 11.6 Å². The quantitative estimate of drug-likeness (QED) is 0.857. The van der Waals surface area contributed by atoms with E-state index in [4.69, 9.17) is 4.74 Å². The molecule has 0 N–H and O–H groups in total. The topological polar surface area (TPSA) is 29.5 Å². The maximum Gasteiger partial charge on any atom is 0.260 e. The van der Waals surface area contributed by atoms with Gasteiger partial charge in [0, 0.05) is 19.2 Å². The molecule has 5 heteroatoms. The second-order valence-corrected chi connectivity index (χ2v) is 5.55. The number of amides is 1. The van der Waals surface area contributed by atoms with E-state index < -0.39 is 11.6 Å². The summed E-state index contributed by atoms with van der Waals surface area (Å²) in [5.74, 6) is -1.84. The van der Waals surface area contributed by atoms with Crippen molar-refractivity contribution in [2.24, 2.45) is 0 Å². The molecule has 0 fully saturated rings. The largest absolute Gasteiger partial charge is 0.481 e. The molecule has 0 aromatic heterocycles. The summed E-state index contributed by atoms with van der Waals surface area (Å²) < 4.78 is 31.5. The van der Waals surface area contributed by atoms with Gasteiger partial charge >= 0.3 is 0 Å². The van der Waals surface area contributed by atoms with Gasteiger partial charge in [-0.3, -0.25) is 4.79 Å². The van der Waals surface area contributed by atoms with Crippen molar-refractivity contribution in [3.63, 3.8) is 0 Å². The second kappa shape index (κ2) is 7.25. The van der Waals surface area contributed by atoms with Crippen molar-refractivity contribution in [3.05, 3.63) is 71.8 Å². The SMILES string of the molecule is O=C(COc1ccc(F)cc1F)N1CC=C(c2ccccc2)CC1. The van der Waals surface area contributed by atoms with Gasteiger partial charge in [0.05, 0.1) is 0 Å². The lowest BCUT2D eigenvalue weighted by Gasteiger charge is -2.26. The summed E-state index contributed by atoms with van der Waals surface area (Å²) in [6, 6.07) is 13.0. The van der Waals surface area contributed by atoms with E-state index in [1.54, 1.807) is 4.90 Å². The number of hydrogen-bond donors (Lipinski definition) is 0. The maximum atomic E-state index is 13.5. The highest BCUT2D eigenvalue weighted by molar-refractivity contribution is 5.79. The Hall–Kier alpha value is -2.69. The summed E-state index contributed by atoms with van der Waals surface area (Å²) in [4.78, 5) is 13.8. The third kappa shape index (κ3) is 3.79. The van der Waals surface area contributed by atoms with Crippen LogP contribution in [0.15, 0.2) is 54.6 Å². The summed E-state index contributed by atoms with van der Waals surface area (Å²) in [5, 5.41) is 0. The zero-order chi connectivity index (χ0) is 16.9. The van der Waals surface area contributed by atoms with E-state index >= 15 is 0 Å². The minimum absolute atomic E-state index is 0.123. The van der Waals surface area contributed by atoms with Gasteiger partial charge in [0.25, 0.3) is 5.91 Å². The molecule has 3 rings (SSSR count). The van der Waals surface area contributed by atoms with Crippen molar-refractivity contribution in [1.82, 2.24) is 4.90 Å². The van der Waals surface area contributed by atoms with Gasteiger partial charge < -0.3 is 9.64 Å². The van der Waals surface area contributed by atoms with Gasteiger partial charge in [-0.1, -0.05) is 36.4 Å². The first kappa shape index (κ1) is 16.2. The number of benzene rings is 2. The number of nitrogens with zero attached hydrogens (tertiary/aromatic N) is 1. The lowest BCUT2D eigenvalue weighted by atomic mass is 10.00. The monoisotopic (exact) mass is 329 g/mol. The molecule has 0 aliphatic carbocycles. The average molecular weight is 329 g/mol. The van der Waals surface area contributed by atoms with Gasteiger partial charge in [0.15, 0.2) is 18.2 Å². The van der Waals surface area contributed by atoms with E-state index in [1.807, 2.05) is 36.4 Å². The summed E-state index contributed by atoms with van der Waals surface area (Å²) in [6.07, 6.45) is 2.79. The molecule has 0 spiro atoms. The van der Waals surface area contributed by atoms with Gasteiger partial charge in [0.1, 0.15) is 5.82 Å². The van der Waals surface area contributed by atoms with Crippen molar-refractivity contribution in [2.45, 2.75) is 6.42 Å². The highest BCUT2D eigenvalue weighted by Gasteiger charge is 2.18. The minimum atomic E-state index is -0.812. The zero-order valence-electron chi connectivity index (χ0n) is 13.0. The van der Waals surface area contributed by atoms with Crippen molar-refractivity contribution in [2.75, 3.05) is 19.7 Å². The molecular formula is C19H17F2NO2. The van der Waals surface area contributed by atoms with Crippen LogP contribution >= 0.6 is 0 Å². The molecule has 2 aromatic carbocycles. The highest BCUT2D eigenvalue weighted by Crippen LogP contribution is 2.22. The van der Waals surface area contributed by atoms with Crippen LogP contribution in [0.1, 0.15) is 12.0 Å². The fourth-order valence-corrected chi connectivity index (χ4v) is 2.63. The van der Waals surface area contributed by atoms with Gasteiger partial charge in [-0.15, -0.1) is 0 Å². The third-order valence-corrected chi connectivity index (χ3v) is 3.95. The van der Waals surface area contributed by atoms with Crippen LogP contribution in [0.25, 0.3) is 5.57 Å². The van der Waals surface area contributed by atoms with Crippen LogP contribution in [-0.2, 0) is 4.79 Å². The predicted molar refractivity (Wildman–Crippen MR) is 87.5 cm³/mol. The number of hydrogen-bond acceptors (Lipinski definition) is 2. The van der Waals surface area contributed by atoms with Crippen molar-refractivity contribution < 1.29 is 18.3 Å². The molecule has 1 aliphatic rings. The van der Waals surface area contributed by atoms with Crippen LogP contribution in [-0.4, -0.2) is 30.5 Å². The molecule has 2 aromatic rings. The Balaban J connectivity index is 1.56. The molecule has 0 saturated carbocycles. The van der Waals surface area contributed by atoms with Gasteiger partial charge in [-0.25, -0.2) is 8.78 Å². The summed E-state index contributed by atoms with van der Waals surface area (Å²) in [5.41, 5.74) is 2.37. The Labute approximate surface area is 139 Å². The molecule has 0 atom stereocenters. The maximum absolute atomic E-state index is 13.5. The van der Waals surface area contributed by atoms with Crippen molar-refractivity contribution in [1.29, 1.82) is 0 Å². The summed E-state index contributed by atoms with van der Waals surface area (Å²) in [6.45, 7) is 0.824. The number of ether oxygens (including phenoxy) is 1. The van der Waals surface area contributed by atoms with E-state index in [2.05, 4.69) is 0 Å². The number of carbonyl (C=O) groups is 1. The first-order valence-corrected chi connectivity index (χ1v) is 7.73. The van der Waals surface area contributed by atoms with Crippen molar-refractivity contribution in [3.8, 4) is 5.75 Å². The first-order chi connectivity index (χ1) is 11.6. The number of carbonyl (C=O) groups excluding carboxylic acids is 1. The van der Waals surface area contributed by atoms with Crippen LogP contribution in [0, 0.1) is 11.6 Å².